The van der Waals surface area contributed by atoms with Gasteiger partial charge in [-0.3, -0.25) is 0 Å². The smallest absolute Gasteiger partial charge is 0.338 e. The standard InChI is InChI=1S/C17H28N2O2/c1-5-13(6-2)12-19(7-3)16-10-9-14(11-15(16)18)17(20)21-8-4/h9-11,13H,5-8,12,18H2,1-4H3. The first kappa shape index (κ1) is 17.3. The van der Waals surface area contributed by atoms with E-state index in [1.54, 1.807) is 19.1 Å². The number of ether oxygens (including phenoxy) is 1. The second-order valence-electron chi connectivity index (χ2n) is 5.22. The van der Waals surface area contributed by atoms with Crippen LogP contribution in [0.4, 0.5) is 11.4 Å². The molecule has 0 bridgehead atoms. The summed E-state index contributed by atoms with van der Waals surface area (Å²) in [5.41, 5.74) is 8.28. The number of anilines is 2. The van der Waals surface area contributed by atoms with E-state index in [1.807, 2.05) is 6.07 Å². The predicted molar refractivity (Wildman–Crippen MR) is 88.8 cm³/mol. The Hall–Kier alpha value is -1.71. The van der Waals surface area contributed by atoms with Crippen LogP contribution in [0, 0.1) is 5.92 Å². The van der Waals surface area contributed by atoms with Crippen LogP contribution in [-0.4, -0.2) is 25.7 Å². The first-order valence-corrected chi connectivity index (χ1v) is 7.88. The molecular weight excluding hydrogens is 264 g/mol. The predicted octanol–water partition coefficient (Wildman–Crippen LogP) is 3.71. The van der Waals surface area contributed by atoms with Gasteiger partial charge in [0.2, 0.25) is 0 Å². The second-order valence-corrected chi connectivity index (χ2v) is 5.22. The van der Waals surface area contributed by atoms with Crippen molar-refractivity contribution >= 4 is 17.3 Å². The molecule has 1 aromatic carbocycles. The zero-order valence-corrected chi connectivity index (χ0v) is 13.7. The molecule has 4 nitrogen and oxygen atoms in total. The molecule has 0 saturated carbocycles. The number of carbonyl (C=O) groups is 1. The van der Waals surface area contributed by atoms with Gasteiger partial charge in [0.1, 0.15) is 0 Å². The molecule has 0 saturated heterocycles. The maximum Gasteiger partial charge on any atom is 0.338 e. The van der Waals surface area contributed by atoms with Gasteiger partial charge in [0.15, 0.2) is 0 Å². The zero-order chi connectivity index (χ0) is 15.8. The Morgan fingerprint density at radius 3 is 2.38 bits per heavy atom. The van der Waals surface area contributed by atoms with Crippen LogP contribution in [0.25, 0.3) is 0 Å². The molecule has 1 aromatic rings. The van der Waals surface area contributed by atoms with Gasteiger partial charge >= 0.3 is 5.97 Å². The average Bonchev–Trinajstić information content (AvgIpc) is 2.49. The minimum atomic E-state index is -0.321. The fourth-order valence-corrected chi connectivity index (χ4v) is 2.44. The summed E-state index contributed by atoms with van der Waals surface area (Å²) in [4.78, 5) is 14.0. The number of hydrogen-bond acceptors (Lipinski definition) is 4. The van der Waals surface area contributed by atoms with Crippen LogP contribution in [0.1, 0.15) is 50.9 Å². The van der Waals surface area contributed by atoms with Gasteiger partial charge in [-0.25, -0.2) is 4.79 Å². The van der Waals surface area contributed by atoms with Gasteiger partial charge in [-0.15, -0.1) is 0 Å². The summed E-state index contributed by atoms with van der Waals surface area (Å²) in [7, 11) is 0. The third-order valence-corrected chi connectivity index (χ3v) is 3.89. The highest BCUT2D eigenvalue weighted by Gasteiger charge is 2.15. The van der Waals surface area contributed by atoms with E-state index in [2.05, 4.69) is 25.7 Å². The Kier molecular flexibility index (Phi) is 7.06. The lowest BCUT2D eigenvalue weighted by molar-refractivity contribution is 0.0526. The summed E-state index contributed by atoms with van der Waals surface area (Å²) in [6.07, 6.45) is 2.32. The van der Waals surface area contributed by atoms with Gasteiger partial charge < -0.3 is 15.4 Å². The van der Waals surface area contributed by atoms with Crippen LogP contribution in [0.3, 0.4) is 0 Å². The molecule has 0 radical (unpaired) electrons. The Labute approximate surface area is 128 Å². The second kappa shape index (κ2) is 8.55. The molecule has 0 unspecified atom stereocenters. The number of hydrogen-bond donors (Lipinski definition) is 1. The van der Waals surface area contributed by atoms with Crippen LogP contribution in [0.15, 0.2) is 18.2 Å². The first-order valence-electron chi connectivity index (χ1n) is 7.88. The normalized spacial score (nSPS) is 10.7. The van der Waals surface area contributed by atoms with Gasteiger partial charge in [-0.2, -0.15) is 0 Å². The molecular formula is C17H28N2O2. The minimum Gasteiger partial charge on any atom is -0.462 e. The number of carbonyl (C=O) groups excluding carboxylic acids is 1. The summed E-state index contributed by atoms with van der Waals surface area (Å²) in [6, 6.07) is 5.43. The van der Waals surface area contributed by atoms with E-state index in [1.165, 1.54) is 0 Å². The van der Waals surface area contributed by atoms with Crippen molar-refractivity contribution in [3.05, 3.63) is 23.8 Å². The van der Waals surface area contributed by atoms with Gasteiger partial charge in [-0.05, 0) is 38.0 Å². The summed E-state index contributed by atoms with van der Waals surface area (Å²) in [6.45, 7) is 10.6. The molecule has 2 N–H and O–H groups in total. The Morgan fingerprint density at radius 2 is 1.90 bits per heavy atom. The van der Waals surface area contributed by atoms with E-state index in [0.29, 0.717) is 23.8 Å². The quantitative estimate of drug-likeness (QED) is 0.586. The summed E-state index contributed by atoms with van der Waals surface area (Å²) >= 11 is 0. The number of nitrogens with two attached hydrogens (primary N) is 1. The number of benzene rings is 1. The summed E-state index contributed by atoms with van der Waals surface area (Å²) in [5, 5.41) is 0. The highest BCUT2D eigenvalue weighted by molar-refractivity contribution is 5.92. The molecule has 0 atom stereocenters. The first-order chi connectivity index (χ1) is 10.1. The van der Waals surface area contributed by atoms with Gasteiger partial charge in [0, 0.05) is 13.1 Å². The molecule has 0 aliphatic rings. The number of rotatable bonds is 8. The maximum absolute atomic E-state index is 11.7. The van der Waals surface area contributed by atoms with E-state index in [0.717, 1.165) is 31.6 Å². The maximum atomic E-state index is 11.7. The molecule has 0 aliphatic carbocycles. The van der Waals surface area contributed by atoms with Gasteiger partial charge in [0.05, 0.1) is 23.5 Å². The van der Waals surface area contributed by atoms with Crippen molar-refractivity contribution in [3.8, 4) is 0 Å². The van der Waals surface area contributed by atoms with Crippen LogP contribution in [-0.2, 0) is 4.74 Å². The largest absolute Gasteiger partial charge is 0.462 e. The highest BCUT2D eigenvalue weighted by atomic mass is 16.5. The SMILES string of the molecule is CCOC(=O)c1ccc(N(CC)CC(CC)CC)c(N)c1. The Balaban J connectivity index is 2.93. The van der Waals surface area contributed by atoms with E-state index >= 15 is 0 Å². The zero-order valence-electron chi connectivity index (χ0n) is 13.7. The highest BCUT2D eigenvalue weighted by Crippen LogP contribution is 2.26. The molecule has 0 aliphatic heterocycles. The summed E-state index contributed by atoms with van der Waals surface area (Å²) in [5.74, 6) is 0.341. The van der Waals surface area contributed by atoms with Crippen molar-refractivity contribution in [2.24, 2.45) is 5.92 Å². The Morgan fingerprint density at radius 1 is 1.24 bits per heavy atom. The molecule has 4 heteroatoms. The Bertz CT molecular complexity index is 456. The number of esters is 1. The van der Waals surface area contributed by atoms with Gasteiger partial charge in [0.25, 0.3) is 0 Å². The monoisotopic (exact) mass is 292 g/mol. The van der Waals surface area contributed by atoms with E-state index in [-0.39, 0.29) is 5.97 Å². The van der Waals surface area contributed by atoms with E-state index < -0.39 is 0 Å². The van der Waals surface area contributed by atoms with Crippen LogP contribution in [0.2, 0.25) is 0 Å². The molecule has 118 valence electrons. The van der Waals surface area contributed by atoms with E-state index in [4.69, 9.17) is 10.5 Å². The third kappa shape index (κ3) is 4.66. The molecule has 21 heavy (non-hydrogen) atoms. The topological polar surface area (TPSA) is 55.6 Å². The summed E-state index contributed by atoms with van der Waals surface area (Å²) < 4.78 is 5.00. The fraction of sp³-hybridized carbons (Fsp3) is 0.588. The fourth-order valence-electron chi connectivity index (χ4n) is 2.44. The number of nitrogens with zero attached hydrogens (tertiary/aromatic N) is 1. The third-order valence-electron chi connectivity index (χ3n) is 3.89. The molecule has 0 aromatic heterocycles. The van der Waals surface area contributed by atoms with Crippen molar-refractivity contribution in [1.82, 2.24) is 0 Å². The van der Waals surface area contributed by atoms with Crippen molar-refractivity contribution in [3.63, 3.8) is 0 Å². The lowest BCUT2D eigenvalue weighted by atomic mass is 10.0. The average molecular weight is 292 g/mol. The molecule has 1 rings (SSSR count). The molecule has 0 heterocycles. The lowest BCUT2D eigenvalue weighted by Gasteiger charge is -2.28. The minimum absolute atomic E-state index is 0.321. The molecule has 0 spiro atoms. The lowest BCUT2D eigenvalue weighted by Crippen LogP contribution is -2.29. The van der Waals surface area contributed by atoms with Crippen molar-refractivity contribution in [2.45, 2.75) is 40.5 Å². The van der Waals surface area contributed by atoms with E-state index in [9.17, 15) is 4.79 Å². The van der Waals surface area contributed by atoms with Crippen LogP contribution < -0.4 is 10.6 Å². The van der Waals surface area contributed by atoms with Crippen LogP contribution in [0.5, 0.6) is 0 Å². The number of nitrogen functional groups attached to an aromatic ring is 1. The molecule has 0 fully saturated rings. The van der Waals surface area contributed by atoms with Crippen molar-refractivity contribution in [1.29, 1.82) is 0 Å². The molecule has 0 amide bonds. The van der Waals surface area contributed by atoms with Crippen molar-refractivity contribution < 1.29 is 9.53 Å². The van der Waals surface area contributed by atoms with Crippen LogP contribution >= 0.6 is 0 Å². The van der Waals surface area contributed by atoms with Gasteiger partial charge in [-0.1, -0.05) is 26.7 Å². The van der Waals surface area contributed by atoms with Crippen molar-refractivity contribution in [2.75, 3.05) is 30.3 Å².